The highest BCUT2D eigenvalue weighted by atomic mass is 19.4. The molecule has 0 saturated carbocycles. The second-order valence-electron chi connectivity index (χ2n) is 4.65. The third-order valence-electron chi connectivity index (χ3n) is 3.07. The first-order valence-electron chi connectivity index (χ1n) is 6.41. The van der Waals surface area contributed by atoms with Crippen molar-refractivity contribution in [2.75, 3.05) is 11.9 Å². The smallest absolute Gasteiger partial charge is 0.361 e. The number of pyridine rings is 1. The van der Waals surface area contributed by atoms with Crippen molar-refractivity contribution in [3.8, 4) is 5.69 Å². The molecule has 114 valence electrons. The summed E-state index contributed by atoms with van der Waals surface area (Å²) in [5.74, 6) is 0.0916. The molecule has 2 aromatic heterocycles. The van der Waals surface area contributed by atoms with Gasteiger partial charge in [0.25, 0.3) is 0 Å². The molecule has 0 amide bonds. The van der Waals surface area contributed by atoms with E-state index in [1.807, 2.05) is 0 Å². The molecule has 2 N–H and O–H groups in total. The van der Waals surface area contributed by atoms with Gasteiger partial charge in [0.15, 0.2) is 0 Å². The third kappa shape index (κ3) is 2.80. The van der Waals surface area contributed by atoms with Gasteiger partial charge in [-0.2, -0.15) is 13.2 Å². The lowest BCUT2D eigenvalue weighted by atomic mass is 10.3. The number of imidazole rings is 1. The van der Waals surface area contributed by atoms with Crippen LogP contribution in [0.1, 0.15) is 0 Å². The van der Waals surface area contributed by atoms with E-state index in [9.17, 15) is 18.0 Å². The highest BCUT2D eigenvalue weighted by Gasteiger charge is 2.26. The van der Waals surface area contributed by atoms with Crippen LogP contribution in [0.25, 0.3) is 16.7 Å². The van der Waals surface area contributed by atoms with Crippen molar-refractivity contribution in [1.29, 1.82) is 0 Å². The monoisotopic (exact) mass is 308 g/mol. The number of hydrogen-bond acceptors (Lipinski definition) is 3. The number of rotatable bonds is 3. The van der Waals surface area contributed by atoms with Gasteiger partial charge >= 0.3 is 11.9 Å². The van der Waals surface area contributed by atoms with Gasteiger partial charge in [-0.15, -0.1) is 0 Å². The van der Waals surface area contributed by atoms with Crippen LogP contribution in [0, 0.1) is 0 Å². The van der Waals surface area contributed by atoms with Gasteiger partial charge in [0.2, 0.25) is 0 Å². The Balaban J connectivity index is 1.92. The molecule has 5 nitrogen and oxygen atoms in total. The Morgan fingerprint density at radius 3 is 2.64 bits per heavy atom. The molecule has 0 radical (unpaired) electrons. The number of aromatic nitrogens is 3. The zero-order valence-electron chi connectivity index (χ0n) is 11.2. The number of nitrogens with zero attached hydrogens (tertiary/aromatic N) is 2. The predicted molar refractivity (Wildman–Crippen MR) is 76.2 cm³/mol. The third-order valence-corrected chi connectivity index (χ3v) is 3.07. The maximum atomic E-state index is 12.1. The number of halogens is 3. The summed E-state index contributed by atoms with van der Waals surface area (Å²) in [6.07, 6.45) is -2.96. The molecular formula is C14H11F3N4O. The standard InChI is InChI=1S/C14H11F3N4O/c15-14(16,17)8-19-12-6-5-9(7-18-12)21-11-4-2-1-3-10(11)20-13(21)22/h1-7H,8H2,(H,18,19)(H,20,22). The van der Waals surface area contributed by atoms with Crippen molar-refractivity contribution in [2.45, 2.75) is 6.18 Å². The van der Waals surface area contributed by atoms with Gasteiger partial charge in [0.05, 0.1) is 22.9 Å². The number of nitrogens with one attached hydrogen (secondary N) is 2. The van der Waals surface area contributed by atoms with Gasteiger partial charge in [-0.3, -0.25) is 4.57 Å². The zero-order valence-corrected chi connectivity index (χ0v) is 11.2. The minimum Gasteiger partial charge on any atom is -0.361 e. The summed E-state index contributed by atoms with van der Waals surface area (Å²) in [7, 11) is 0. The largest absolute Gasteiger partial charge is 0.405 e. The van der Waals surface area contributed by atoms with E-state index < -0.39 is 12.7 Å². The van der Waals surface area contributed by atoms with Gasteiger partial charge < -0.3 is 10.3 Å². The first-order chi connectivity index (χ1) is 10.4. The van der Waals surface area contributed by atoms with Gasteiger partial charge in [-0.25, -0.2) is 9.78 Å². The number of fused-ring (bicyclic) bond motifs is 1. The fourth-order valence-corrected chi connectivity index (χ4v) is 2.12. The Hall–Kier alpha value is -2.77. The summed E-state index contributed by atoms with van der Waals surface area (Å²) in [6, 6.07) is 10.1. The topological polar surface area (TPSA) is 62.7 Å². The minimum absolute atomic E-state index is 0.0916. The quantitative estimate of drug-likeness (QED) is 0.782. The molecule has 0 bridgehead atoms. The lowest BCUT2D eigenvalue weighted by Gasteiger charge is -2.09. The number of hydrogen-bond donors (Lipinski definition) is 2. The second kappa shape index (κ2) is 5.21. The van der Waals surface area contributed by atoms with Crippen LogP contribution >= 0.6 is 0 Å². The van der Waals surface area contributed by atoms with E-state index in [-0.39, 0.29) is 11.5 Å². The van der Waals surface area contributed by atoms with Crippen LogP contribution in [0.5, 0.6) is 0 Å². The Bertz CT molecular complexity index is 849. The minimum atomic E-state index is -4.31. The number of alkyl halides is 3. The maximum absolute atomic E-state index is 12.1. The molecule has 22 heavy (non-hydrogen) atoms. The van der Waals surface area contributed by atoms with Crippen molar-refractivity contribution >= 4 is 16.9 Å². The van der Waals surface area contributed by atoms with Crippen LogP contribution in [0.2, 0.25) is 0 Å². The van der Waals surface area contributed by atoms with Gasteiger partial charge in [-0.1, -0.05) is 12.1 Å². The van der Waals surface area contributed by atoms with Crippen molar-refractivity contribution in [3.63, 3.8) is 0 Å². The Morgan fingerprint density at radius 2 is 1.95 bits per heavy atom. The van der Waals surface area contributed by atoms with Crippen LogP contribution < -0.4 is 11.0 Å². The van der Waals surface area contributed by atoms with E-state index in [2.05, 4.69) is 15.3 Å². The molecule has 3 rings (SSSR count). The summed E-state index contributed by atoms with van der Waals surface area (Å²) >= 11 is 0. The lowest BCUT2D eigenvalue weighted by Crippen LogP contribution is -2.22. The van der Waals surface area contributed by atoms with E-state index >= 15 is 0 Å². The average Bonchev–Trinajstić information content (AvgIpc) is 2.81. The first-order valence-corrected chi connectivity index (χ1v) is 6.41. The van der Waals surface area contributed by atoms with Gasteiger partial charge in [-0.05, 0) is 24.3 Å². The molecule has 3 aromatic rings. The Morgan fingerprint density at radius 1 is 1.18 bits per heavy atom. The molecule has 0 atom stereocenters. The molecule has 8 heteroatoms. The van der Waals surface area contributed by atoms with E-state index in [0.717, 1.165) is 0 Å². The molecule has 0 aliphatic heterocycles. The number of benzene rings is 1. The number of H-pyrrole nitrogens is 1. The Labute approximate surface area is 122 Å². The second-order valence-corrected chi connectivity index (χ2v) is 4.65. The van der Waals surface area contributed by atoms with Crippen molar-refractivity contribution in [1.82, 2.24) is 14.5 Å². The maximum Gasteiger partial charge on any atom is 0.405 e. The highest BCUT2D eigenvalue weighted by Crippen LogP contribution is 2.18. The SMILES string of the molecule is O=c1[nH]c2ccccc2n1-c1ccc(NCC(F)(F)F)nc1. The van der Waals surface area contributed by atoms with Crippen LogP contribution in [0.15, 0.2) is 47.4 Å². The fraction of sp³-hybridized carbons (Fsp3) is 0.143. The normalized spacial score (nSPS) is 11.8. The van der Waals surface area contributed by atoms with Crippen LogP contribution in [-0.4, -0.2) is 27.3 Å². The molecule has 0 fully saturated rings. The number of anilines is 1. The van der Waals surface area contributed by atoms with Crippen molar-refractivity contribution < 1.29 is 13.2 Å². The number of aromatic amines is 1. The summed E-state index contributed by atoms with van der Waals surface area (Å²) < 4.78 is 37.8. The highest BCUT2D eigenvalue weighted by molar-refractivity contribution is 5.77. The predicted octanol–water partition coefficient (Wildman–Crippen LogP) is 2.69. The molecule has 2 heterocycles. The Kier molecular flexibility index (Phi) is 3.36. The van der Waals surface area contributed by atoms with E-state index in [4.69, 9.17) is 0 Å². The fourth-order valence-electron chi connectivity index (χ4n) is 2.12. The molecular weight excluding hydrogens is 297 g/mol. The summed E-state index contributed by atoms with van der Waals surface area (Å²) in [6.45, 7) is -1.16. The zero-order chi connectivity index (χ0) is 15.7. The average molecular weight is 308 g/mol. The van der Waals surface area contributed by atoms with E-state index in [1.165, 1.54) is 22.9 Å². The molecule has 0 unspecified atom stereocenters. The van der Waals surface area contributed by atoms with Gasteiger partial charge in [0, 0.05) is 0 Å². The number of para-hydroxylation sites is 2. The lowest BCUT2D eigenvalue weighted by molar-refractivity contribution is -0.115. The van der Waals surface area contributed by atoms with Crippen LogP contribution in [-0.2, 0) is 0 Å². The molecule has 1 aromatic carbocycles. The summed E-state index contributed by atoms with van der Waals surface area (Å²) in [5, 5.41) is 2.18. The van der Waals surface area contributed by atoms with Gasteiger partial charge in [0.1, 0.15) is 12.4 Å². The molecule has 0 aliphatic carbocycles. The molecule has 0 saturated heterocycles. The summed E-state index contributed by atoms with van der Waals surface area (Å²) in [5.41, 5.74) is 1.48. The first kappa shape index (κ1) is 14.2. The van der Waals surface area contributed by atoms with E-state index in [0.29, 0.717) is 16.7 Å². The molecule has 0 spiro atoms. The summed E-state index contributed by atoms with van der Waals surface area (Å²) in [4.78, 5) is 18.6. The van der Waals surface area contributed by atoms with Crippen molar-refractivity contribution in [3.05, 3.63) is 53.1 Å². The van der Waals surface area contributed by atoms with Crippen molar-refractivity contribution in [2.24, 2.45) is 0 Å². The van der Waals surface area contributed by atoms with Crippen LogP contribution in [0.4, 0.5) is 19.0 Å². The van der Waals surface area contributed by atoms with Crippen LogP contribution in [0.3, 0.4) is 0 Å². The molecule has 0 aliphatic rings. The van der Waals surface area contributed by atoms with E-state index in [1.54, 1.807) is 24.3 Å².